The number of benzene rings is 1. The van der Waals surface area contributed by atoms with Crippen LogP contribution in [0.1, 0.15) is 5.56 Å². The first-order chi connectivity index (χ1) is 12.6. The molecule has 2 heterocycles. The van der Waals surface area contributed by atoms with E-state index in [1.807, 2.05) is 36.4 Å². The number of carbonyl (C=O) groups is 2. The molecule has 0 aliphatic carbocycles. The van der Waals surface area contributed by atoms with Gasteiger partial charge in [-0.1, -0.05) is 52.3 Å². The summed E-state index contributed by atoms with van der Waals surface area (Å²) in [4.78, 5) is 27.0. The second-order valence-corrected chi connectivity index (χ2v) is 6.24. The molecule has 0 aromatic heterocycles. The first kappa shape index (κ1) is 18.4. The summed E-state index contributed by atoms with van der Waals surface area (Å²) in [6.07, 6.45) is 6.48. The third-order valence-corrected chi connectivity index (χ3v) is 5.11. The lowest BCUT2D eigenvalue weighted by Gasteiger charge is -2.46. The summed E-state index contributed by atoms with van der Waals surface area (Å²) >= 11 is 3.48. The Morgan fingerprint density at radius 3 is 2.46 bits per heavy atom. The van der Waals surface area contributed by atoms with E-state index in [2.05, 4.69) is 15.9 Å². The van der Waals surface area contributed by atoms with Gasteiger partial charge < -0.3 is 19.1 Å². The molecule has 0 spiro atoms. The SMILES string of the molecule is COC(=O)C1=C(C(=O)OC)C(CBr)(c2ccccc2)OC2C=CC=CN12. The van der Waals surface area contributed by atoms with Crippen LogP contribution in [0.4, 0.5) is 0 Å². The molecule has 1 aromatic carbocycles. The highest BCUT2D eigenvalue weighted by Gasteiger charge is 2.52. The van der Waals surface area contributed by atoms with Gasteiger partial charge in [-0.25, -0.2) is 9.59 Å². The Bertz CT molecular complexity index is 801. The van der Waals surface area contributed by atoms with Gasteiger partial charge in [0.1, 0.15) is 16.9 Å². The van der Waals surface area contributed by atoms with E-state index in [0.717, 1.165) is 5.56 Å². The fourth-order valence-electron chi connectivity index (χ4n) is 3.13. The van der Waals surface area contributed by atoms with Crippen LogP contribution in [0, 0.1) is 0 Å². The van der Waals surface area contributed by atoms with Gasteiger partial charge in [-0.05, 0) is 17.7 Å². The maximum Gasteiger partial charge on any atom is 0.355 e. The summed E-state index contributed by atoms with van der Waals surface area (Å²) in [5.74, 6) is -1.30. The second-order valence-electron chi connectivity index (χ2n) is 5.68. The molecule has 0 saturated heterocycles. The van der Waals surface area contributed by atoms with Crippen LogP contribution in [-0.4, -0.2) is 42.6 Å². The van der Waals surface area contributed by atoms with E-state index >= 15 is 0 Å². The molecule has 2 unspecified atom stereocenters. The standard InChI is InChI=1S/C19H18BrNO5/c1-24-17(22)15-16(18(23)25-2)21-11-7-6-10-14(21)26-19(15,12-20)13-8-4-3-5-9-13/h3-11,14H,12H2,1-2H3. The number of hydrogen-bond donors (Lipinski definition) is 0. The van der Waals surface area contributed by atoms with Crippen LogP contribution >= 0.6 is 15.9 Å². The third kappa shape index (κ3) is 2.87. The van der Waals surface area contributed by atoms with Crippen molar-refractivity contribution >= 4 is 27.9 Å². The Hall–Kier alpha value is -2.38. The first-order valence-corrected chi connectivity index (χ1v) is 9.05. The molecular formula is C19H18BrNO5. The Balaban J connectivity index is 2.34. The summed E-state index contributed by atoms with van der Waals surface area (Å²) in [5, 5.41) is 0.247. The van der Waals surface area contributed by atoms with Crippen molar-refractivity contribution in [3.05, 3.63) is 71.6 Å². The van der Waals surface area contributed by atoms with E-state index in [0.29, 0.717) is 0 Å². The van der Waals surface area contributed by atoms with Gasteiger partial charge in [-0.3, -0.25) is 0 Å². The number of rotatable bonds is 4. The molecule has 7 heteroatoms. The number of halogens is 1. The molecule has 3 rings (SSSR count). The summed E-state index contributed by atoms with van der Waals surface area (Å²) < 4.78 is 16.3. The molecule has 136 valence electrons. The molecule has 2 aliphatic heterocycles. The molecule has 2 aliphatic rings. The number of hydrogen-bond acceptors (Lipinski definition) is 6. The van der Waals surface area contributed by atoms with Crippen molar-refractivity contribution in [2.45, 2.75) is 11.8 Å². The second kappa shape index (κ2) is 7.47. The molecular weight excluding hydrogens is 402 g/mol. The monoisotopic (exact) mass is 419 g/mol. The number of fused-ring (bicyclic) bond motifs is 1. The van der Waals surface area contributed by atoms with Gasteiger partial charge in [-0.15, -0.1) is 0 Å². The fraction of sp³-hybridized carbons (Fsp3) is 0.263. The summed E-state index contributed by atoms with van der Waals surface area (Å²) in [5.41, 5.74) is -0.305. The average molecular weight is 420 g/mol. The number of nitrogens with zero attached hydrogens (tertiary/aromatic N) is 1. The Morgan fingerprint density at radius 2 is 1.85 bits per heavy atom. The highest BCUT2D eigenvalue weighted by atomic mass is 79.9. The predicted octanol–water partition coefficient (Wildman–Crippen LogP) is 2.62. The largest absolute Gasteiger partial charge is 0.466 e. The molecule has 0 radical (unpaired) electrons. The minimum absolute atomic E-state index is 0.0890. The third-order valence-electron chi connectivity index (χ3n) is 4.33. The minimum atomic E-state index is -1.21. The van der Waals surface area contributed by atoms with Crippen molar-refractivity contribution in [1.82, 2.24) is 4.90 Å². The lowest BCUT2D eigenvalue weighted by atomic mass is 9.84. The predicted molar refractivity (Wildman–Crippen MR) is 98.0 cm³/mol. The van der Waals surface area contributed by atoms with E-state index < -0.39 is 23.8 Å². The van der Waals surface area contributed by atoms with Crippen molar-refractivity contribution in [2.75, 3.05) is 19.5 Å². The fourth-order valence-corrected chi connectivity index (χ4v) is 3.86. The van der Waals surface area contributed by atoms with Crippen molar-refractivity contribution in [3.63, 3.8) is 0 Å². The summed E-state index contributed by atoms with van der Waals surface area (Å²) in [7, 11) is 2.54. The molecule has 2 atom stereocenters. The highest BCUT2D eigenvalue weighted by molar-refractivity contribution is 9.09. The van der Waals surface area contributed by atoms with E-state index in [9.17, 15) is 9.59 Å². The van der Waals surface area contributed by atoms with Crippen LogP contribution in [0.25, 0.3) is 0 Å². The Labute approximate surface area is 159 Å². The molecule has 0 bridgehead atoms. The lowest BCUT2D eigenvalue weighted by Crippen LogP contribution is -2.53. The topological polar surface area (TPSA) is 65.1 Å². The molecule has 0 fully saturated rings. The number of allylic oxidation sites excluding steroid dienone is 2. The normalized spacial score (nSPS) is 24.3. The van der Waals surface area contributed by atoms with E-state index in [1.54, 1.807) is 23.3 Å². The van der Waals surface area contributed by atoms with Gasteiger partial charge in [0.2, 0.25) is 0 Å². The minimum Gasteiger partial charge on any atom is -0.466 e. The van der Waals surface area contributed by atoms with E-state index in [1.165, 1.54) is 14.2 Å². The molecule has 26 heavy (non-hydrogen) atoms. The smallest absolute Gasteiger partial charge is 0.355 e. The van der Waals surface area contributed by atoms with Gasteiger partial charge in [0, 0.05) is 11.5 Å². The molecule has 6 nitrogen and oxygen atoms in total. The van der Waals surface area contributed by atoms with Gasteiger partial charge in [0.15, 0.2) is 6.23 Å². The zero-order valence-electron chi connectivity index (χ0n) is 14.3. The van der Waals surface area contributed by atoms with Crippen molar-refractivity contribution in [3.8, 4) is 0 Å². The molecule has 0 N–H and O–H groups in total. The van der Waals surface area contributed by atoms with Crippen LogP contribution in [0.2, 0.25) is 0 Å². The van der Waals surface area contributed by atoms with Crippen molar-refractivity contribution in [1.29, 1.82) is 0 Å². The summed E-state index contributed by atoms with van der Waals surface area (Å²) in [6.45, 7) is 0. The van der Waals surface area contributed by atoms with Crippen LogP contribution in [0.3, 0.4) is 0 Å². The van der Waals surface area contributed by atoms with Gasteiger partial charge in [0.05, 0.1) is 14.2 Å². The van der Waals surface area contributed by atoms with Crippen LogP contribution in [-0.2, 0) is 29.4 Å². The van der Waals surface area contributed by atoms with Crippen LogP contribution in [0.5, 0.6) is 0 Å². The zero-order chi connectivity index (χ0) is 18.7. The van der Waals surface area contributed by atoms with Gasteiger partial charge >= 0.3 is 11.9 Å². The summed E-state index contributed by atoms with van der Waals surface area (Å²) in [6, 6.07) is 9.25. The molecule has 1 aromatic rings. The quantitative estimate of drug-likeness (QED) is 0.551. The first-order valence-electron chi connectivity index (χ1n) is 7.93. The lowest BCUT2D eigenvalue weighted by molar-refractivity contribution is -0.156. The number of ether oxygens (including phenoxy) is 3. The number of esters is 2. The zero-order valence-corrected chi connectivity index (χ0v) is 15.9. The van der Waals surface area contributed by atoms with E-state index in [-0.39, 0.29) is 16.6 Å². The number of alkyl halides is 1. The van der Waals surface area contributed by atoms with Gasteiger partial charge in [-0.2, -0.15) is 0 Å². The maximum absolute atomic E-state index is 12.8. The Kier molecular flexibility index (Phi) is 5.29. The van der Waals surface area contributed by atoms with Crippen LogP contribution < -0.4 is 0 Å². The molecule has 0 amide bonds. The van der Waals surface area contributed by atoms with Crippen molar-refractivity contribution < 1.29 is 23.8 Å². The number of methoxy groups -OCH3 is 2. The van der Waals surface area contributed by atoms with Gasteiger partial charge in [0.25, 0.3) is 0 Å². The maximum atomic E-state index is 12.8. The average Bonchev–Trinajstić information content (AvgIpc) is 2.71. The molecule has 0 saturated carbocycles. The number of carbonyl (C=O) groups excluding carboxylic acids is 2. The van der Waals surface area contributed by atoms with Crippen molar-refractivity contribution in [2.24, 2.45) is 0 Å². The van der Waals surface area contributed by atoms with Crippen LogP contribution in [0.15, 0.2) is 66.0 Å². The Morgan fingerprint density at radius 1 is 1.15 bits per heavy atom. The highest BCUT2D eigenvalue weighted by Crippen LogP contribution is 2.45. The van der Waals surface area contributed by atoms with E-state index in [4.69, 9.17) is 14.2 Å².